The number of cyclic esters (lactones) is 1. The molecule has 6 nitrogen and oxygen atoms in total. The Balaban J connectivity index is 1.65. The lowest BCUT2D eigenvalue weighted by Gasteiger charge is -2.28. The molecule has 136 valence electrons. The number of carbonyl (C=O) groups excluding carboxylic acids is 2. The molecule has 0 unspecified atom stereocenters. The van der Waals surface area contributed by atoms with Crippen LogP contribution in [0.2, 0.25) is 0 Å². The Bertz CT molecular complexity index is 664. The zero-order chi connectivity index (χ0) is 18.0. The van der Waals surface area contributed by atoms with Gasteiger partial charge in [0.05, 0.1) is 12.1 Å². The third kappa shape index (κ3) is 4.44. The number of hydrogen-bond acceptors (Lipinski definition) is 5. The summed E-state index contributed by atoms with van der Waals surface area (Å²) in [6.07, 6.45) is 2.43. The van der Waals surface area contributed by atoms with Crippen LogP contribution in [0.3, 0.4) is 0 Å². The van der Waals surface area contributed by atoms with Gasteiger partial charge in [0, 0.05) is 12.1 Å². The highest BCUT2D eigenvalue weighted by atomic mass is 16.6. The van der Waals surface area contributed by atoms with E-state index in [0.29, 0.717) is 31.0 Å². The van der Waals surface area contributed by atoms with E-state index in [1.54, 1.807) is 17.0 Å². The molecule has 0 aromatic heterocycles. The molecule has 1 saturated heterocycles. The summed E-state index contributed by atoms with van der Waals surface area (Å²) in [5, 5.41) is 0. The van der Waals surface area contributed by atoms with Crippen LogP contribution in [0.15, 0.2) is 18.2 Å². The first-order chi connectivity index (χ1) is 11.8. The lowest BCUT2D eigenvalue weighted by atomic mass is 10.1. The molecule has 0 bridgehead atoms. The lowest BCUT2D eigenvalue weighted by molar-refractivity contribution is 0.0192. The highest BCUT2D eigenvalue weighted by Gasteiger charge is 2.28. The summed E-state index contributed by atoms with van der Waals surface area (Å²) < 4.78 is 16.6. The van der Waals surface area contributed by atoms with Crippen LogP contribution in [0, 0.1) is 0 Å². The first-order valence-electron chi connectivity index (χ1n) is 8.76. The number of benzene rings is 1. The van der Waals surface area contributed by atoms with Crippen LogP contribution in [0.1, 0.15) is 56.0 Å². The Morgan fingerprint density at radius 3 is 2.84 bits per heavy atom. The van der Waals surface area contributed by atoms with Gasteiger partial charge in [0.15, 0.2) is 0 Å². The fourth-order valence-electron chi connectivity index (χ4n) is 3.07. The molecule has 0 N–H and O–H groups in total. The van der Waals surface area contributed by atoms with E-state index in [1.807, 2.05) is 26.8 Å². The maximum absolute atomic E-state index is 12.3. The number of amides is 1. The van der Waals surface area contributed by atoms with E-state index in [2.05, 4.69) is 0 Å². The van der Waals surface area contributed by atoms with E-state index in [-0.39, 0.29) is 18.2 Å². The van der Waals surface area contributed by atoms with E-state index in [1.165, 1.54) is 0 Å². The molecule has 2 heterocycles. The normalized spacial score (nSPS) is 20.5. The molecular weight excluding hydrogens is 322 g/mol. The fourth-order valence-corrected chi connectivity index (χ4v) is 3.07. The quantitative estimate of drug-likeness (QED) is 0.766. The topological polar surface area (TPSA) is 65.1 Å². The smallest absolute Gasteiger partial charge is 0.410 e. The molecule has 1 amide bonds. The molecule has 25 heavy (non-hydrogen) atoms. The number of nitrogens with zero attached hydrogens (tertiary/aromatic N) is 1. The molecule has 6 heteroatoms. The number of fused-ring (bicyclic) bond motifs is 1. The third-order valence-electron chi connectivity index (χ3n) is 4.24. The predicted octanol–water partition coefficient (Wildman–Crippen LogP) is 3.53. The number of esters is 1. The van der Waals surface area contributed by atoms with Crippen LogP contribution in [0.25, 0.3) is 0 Å². The second kappa shape index (κ2) is 6.94. The molecule has 0 saturated carbocycles. The number of ether oxygens (including phenoxy) is 3. The summed E-state index contributed by atoms with van der Waals surface area (Å²) in [5.41, 5.74) is 0.940. The summed E-state index contributed by atoms with van der Waals surface area (Å²) in [4.78, 5) is 25.6. The van der Waals surface area contributed by atoms with Crippen LogP contribution in [0.5, 0.6) is 5.75 Å². The second-order valence-corrected chi connectivity index (χ2v) is 7.56. The molecule has 2 aliphatic rings. The molecule has 1 aromatic carbocycles. The van der Waals surface area contributed by atoms with Gasteiger partial charge < -0.3 is 19.1 Å². The Hall–Kier alpha value is -2.24. The average Bonchev–Trinajstić information content (AvgIpc) is 2.74. The number of carbonyl (C=O) groups is 2. The van der Waals surface area contributed by atoms with Crippen LogP contribution >= 0.6 is 0 Å². The van der Waals surface area contributed by atoms with Crippen molar-refractivity contribution >= 4 is 12.1 Å². The van der Waals surface area contributed by atoms with Crippen molar-refractivity contribution in [2.75, 3.05) is 13.1 Å². The van der Waals surface area contributed by atoms with Crippen LogP contribution in [-0.2, 0) is 16.1 Å². The van der Waals surface area contributed by atoms with E-state index in [9.17, 15) is 9.59 Å². The van der Waals surface area contributed by atoms with E-state index in [0.717, 1.165) is 24.8 Å². The number of likely N-dealkylation sites (tertiary alicyclic amines) is 1. The maximum Gasteiger partial charge on any atom is 0.410 e. The molecule has 0 radical (unpaired) electrons. The monoisotopic (exact) mass is 347 g/mol. The minimum Gasteiger partial charge on any atom is -0.489 e. The highest BCUT2D eigenvalue weighted by molar-refractivity contribution is 5.93. The van der Waals surface area contributed by atoms with Gasteiger partial charge in [-0.1, -0.05) is 0 Å². The summed E-state index contributed by atoms with van der Waals surface area (Å²) in [6, 6.07) is 5.37. The van der Waals surface area contributed by atoms with E-state index < -0.39 is 5.60 Å². The Kier molecular flexibility index (Phi) is 4.88. The number of hydrogen-bond donors (Lipinski definition) is 0. The van der Waals surface area contributed by atoms with Gasteiger partial charge in [-0.05, 0) is 58.2 Å². The van der Waals surface area contributed by atoms with Crippen molar-refractivity contribution in [3.63, 3.8) is 0 Å². The van der Waals surface area contributed by atoms with Crippen molar-refractivity contribution in [3.05, 3.63) is 29.3 Å². The lowest BCUT2D eigenvalue weighted by Crippen LogP contribution is -2.41. The molecule has 1 aromatic rings. The van der Waals surface area contributed by atoms with Crippen molar-refractivity contribution in [2.24, 2.45) is 0 Å². The zero-order valence-corrected chi connectivity index (χ0v) is 15.0. The second-order valence-electron chi connectivity index (χ2n) is 7.56. The first-order valence-corrected chi connectivity index (χ1v) is 8.76. The van der Waals surface area contributed by atoms with Gasteiger partial charge >= 0.3 is 12.1 Å². The van der Waals surface area contributed by atoms with E-state index in [4.69, 9.17) is 14.2 Å². The van der Waals surface area contributed by atoms with Gasteiger partial charge in [0.1, 0.15) is 24.1 Å². The van der Waals surface area contributed by atoms with Crippen molar-refractivity contribution < 1.29 is 23.8 Å². The number of rotatable bonds is 2. The first kappa shape index (κ1) is 17.6. The summed E-state index contributed by atoms with van der Waals surface area (Å²) in [7, 11) is 0. The predicted molar refractivity (Wildman–Crippen MR) is 91.6 cm³/mol. The maximum atomic E-state index is 12.3. The highest BCUT2D eigenvalue weighted by Crippen LogP contribution is 2.26. The largest absolute Gasteiger partial charge is 0.489 e. The van der Waals surface area contributed by atoms with Crippen LogP contribution in [-0.4, -0.2) is 41.8 Å². The van der Waals surface area contributed by atoms with Crippen molar-refractivity contribution in [1.82, 2.24) is 4.90 Å². The molecule has 0 spiro atoms. The minimum absolute atomic E-state index is 0.0916. The molecule has 1 fully saturated rings. The zero-order valence-electron chi connectivity index (χ0n) is 15.0. The fraction of sp³-hybridized carbons (Fsp3) is 0.579. The molecular formula is C19H25NO5. The Morgan fingerprint density at radius 2 is 2.08 bits per heavy atom. The summed E-state index contributed by atoms with van der Waals surface area (Å²) >= 11 is 0. The summed E-state index contributed by atoms with van der Waals surface area (Å²) in [5.74, 6) is 0.417. The van der Waals surface area contributed by atoms with Crippen molar-refractivity contribution in [1.29, 1.82) is 0 Å². The van der Waals surface area contributed by atoms with Gasteiger partial charge in [0.25, 0.3) is 0 Å². The Labute approximate surface area is 148 Å². The van der Waals surface area contributed by atoms with Crippen molar-refractivity contribution in [2.45, 2.75) is 58.3 Å². The molecule has 2 aliphatic heterocycles. The minimum atomic E-state index is -0.508. The van der Waals surface area contributed by atoms with Gasteiger partial charge in [-0.25, -0.2) is 9.59 Å². The van der Waals surface area contributed by atoms with Crippen molar-refractivity contribution in [3.8, 4) is 5.75 Å². The average molecular weight is 347 g/mol. The van der Waals surface area contributed by atoms with Gasteiger partial charge in [-0.3, -0.25) is 0 Å². The standard InChI is InChI=1S/C19H25NO5/c1-19(2,3)25-18(22)20-9-5-4-6-15(11-20)24-14-7-8-16-13(10-14)12-23-17(16)21/h7-8,10,15H,4-6,9,11-12H2,1-3H3/t15-/m0/s1. The molecule has 3 rings (SSSR count). The summed E-state index contributed by atoms with van der Waals surface area (Å²) in [6.45, 7) is 7.07. The van der Waals surface area contributed by atoms with Gasteiger partial charge in [-0.2, -0.15) is 0 Å². The third-order valence-corrected chi connectivity index (χ3v) is 4.24. The van der Waals surface area contributed by atoms with Gasteiger partial charge in [-0.15, -0.1) is 0 Å². The van der Waals surface area contributed by atoms with Gasteiger partial charge in [0.2, 0.25) is 0 Å². The molecule has 1 atom stereocenters. The van der Waals surface area contributed by atoms with E-state index >= 15 is 0 Å². The van der Waals surface area contributed by atoms with Crippen LogP contribution < -0.4 is 4.74 Å². The molecule has 0 aliphatic carbocycles. The van der Waals surface area contributed by atoms with Crippen LogP contribution in [0.4, 0.5) is 4.79 Å². The Morgan fingerprint density at radius 1 is 1.28 bits per heavy atom. The SMILES string of the molecule is CC(C)(C)OC(=O)N1CCCC[C@H](Oc2ccc3c(c2)COC3=O)C1.